The first-order valence-corrected chi connectivity index (χ1v) is 9.80. The Hall–Kier alpha value is -3.09. The zero-order valence-corrected chi connectivity index (χ0v) is 17.4. The largest absolute Gasteiger partial charge is 0.493 e. The molecule has 3 rings (SSSR count). The summed E-state index contributed by atoms with van der Waals surface area (Å²) in [5.41, 5.74) is 4.41. The summed E-state index contributed by atoms with van der Waals surface area (Å²) in [6.45, 7) is 4.13. The van der Waals surface area contributed by atoms with Crippen molar-refractivity contribution in [3.63, 3.8) is 0 Å². The van der Waals surface area contributed by atoms with Crippen LogP contribution in [0.5, 0.6) is 11.5 Å². The Balaban J connectivity index is 1.60. The van der Waals surface area contributed by atoms with E-state index in [2.05, 4.69) is 41.7 Å². The highest BCUT2D eigenvalue weighted by molar-refractivity contribution is 5.92. The molecule has 5 nitrogen and oxygen atoms in total. The molecule has 0 spiro atoms. The van der Waals surface area contributed by atoms with E-state index in [1.165, 1.54) is 36.1 Å². The number of methoxy groups -OCH3 is 1. The Morgan fingerprint density at radius 3 is 2.47 bits per heavy atom. The van der Waals surface area contributed by atoms with Gasteiger partial charge < -0.3 is 19.3 Å². The third kappa shape index (κ3) is 5.09. The second-order valence-electron chi connectivity index (χ2n) is 7.15. The molecule has 2 aromatic carbocycles. The van der Waals surface area contributed by atoms with Crippen molar-refractivity contribution < 1.29 is 23.0 Å². The van der Waals surface area contributed by atoms with Gasteiger partial charge in [-0.1, -0.05) is 18.2 Å². The van der Waals surface area contributed by atoms with Gasteiger partial charge in [0.2, 0.25) is 5.91 Å². The van der Waals surface area contributed by atoms with Crippen molar-refractivity contribution in [3.8, 4) is 11.5 Å². The van der Waals surface area contributed by atoms with Gasteiger partial charge in [0.25, 0.3) is 0 Å². The van der Waals surface area contributed by atoms with Crippen LogP contribution in [0.4, 0.5) is 14.5 Å². The van der Waals surface area contributed by atoms with Gasteiger partial charge in [-0.25, -0.2) is 0 Å². The highest BCUT2D eigenvalue weighted by Gasteiger charge is 2.21. The SMILES string of the molecule is COc1cc(/C=C/C(=O)N2CCN(c3cccc(C)c3C)CC2)ccc1OC(F)F. The van der Waals surface area contributed by atoms with Crippen LogP contribution in [-0.4, -0.2) is 50.7 Å². The molecule has 0 aliphatic carbocycles. The number of amides is 1. The topological polar surface area (TPSA) is 42.0 Å². The number of benzene rings is 2. The van der Waals surface area contributed by atoms with Gasteiger partial charge in [-0.3, -0.25) is 4.79 Å². The van der Waals surface area contributed by atoms with E-state index in [9.17, 15) is 13.6 Å². The predicted octanol–water partition coefficient (Wildman–Crippen LogP) is 4.28. The van der Waals surface area contributed by atoms with E-state index in [1.54, 1.807) is 18.2 Å². The van der Waals surface area contributed by atoms with Crippen LogP contribution in [0.2, 0.25) is 0 Å². The minimum atomic E-state index is -2.93. The molecule has 0 unspecified atom stereocenters. The summed E-state index contributed by atoms with van der Waals surface area (Å²) < 4.78 is 34.4. The molecule has 0 bridgehead atoms. The van der Waals surface area contributed by atoms with E-state index in [0.717, 1.165) is 13.1 Å². The summed E-state index contributed by atoms with van der Waals surface area (Å²) in [6, 6.07) is 10.8. The third-order valence-electron chi connectivity index (χ3n) is 5.33. The fourth-order valence-corrected chi connectivity index (χ4v) is 3.50. The number of carbonyl (C=O) groups is 1. The number of hydrogen-bond donors (Lipinski definition) is 0. The summed E-state index contributed by atoms with van der Waals surface area (Å²) in [5.74, 6) is 0.0630. The van der Waals surface area contributed by atoms with E-state index in [4.69, 9.17) is 4.74 Å². The van der Waals surface area contributed by atoms with Crippen molar-refractivity contribution in [2.45, 2.75) is 20.5 Å². The van der Waals surface area contributed by atoms with E-state index >= 15 is 0 Å². The van der Waals surface area contributed by atoms with Crippen molar-refractivity contribution in [2.75, 3.05) is 38.2 Å². The zero-order valence-electron chi connectivity index (χ0n) is 17.4. The minimum Gasteiger partial charge on any atom is -0.493 e. The van der Waals surface area contributed by atoms with Gasteiger partial charge in [0, 0.05) is 37.9 Å². The van der Waals surface area contributed by atoms with E-state index in [0.29, 0.717) is 18.7 Å². The first-order valence-electron chi connectivity index (χ1n) is 9.80. The number of nitrogens with zero attached hydrogens (tertiary/aromatic N) is 2. The number of hydrogen-bond acceptors (Lipinski definition) is 4. The highest BCUT2D eigenvalue weighted by Crippen LogP contribution is 2.30. The molecular formula is C23H26F2N2O3. The lowest BCUT2D eigenvalue weighted by molar-refractivity contribution is -0.126. The highest BCUT2D eigenvalue weighted by atomic mass is 19.3. The third-order valence-corrected chi connectivity index (χ3v) is 5.33. The summed E-state index contributed by atoms with van der Waals surface area (Å²) in [7, 11) is 1.38. The zero-order chi connectivity index (χ0) is 21.7. The maximum absolute atomic E-state index is 12.6. The molecule has 30 heavy (non-hydrogen) atoms. The van der Waals surface area contributed by atoms with Crippen LogP contribution in [-0.2, 0) is 4.79 Å². The Bertz CT molecular complexity index is 923. The van der Waals surface area contributed by atoms with E-state index in [1.807, 2.05) is 4.90 Å². The maximum Gasteiger partial charge on any atom is 0.387 e. The molecule has 1 amide bonds. The molecule has 1 fully saturated rings. The van der Waals surface area contributed by atoms with Crippen molar-refractivity contribution in [2.24, 2.45) is 0 Å². The maximum atomic E-state index is 12.6. The summed E-state index contributed by atoms with van der Waals surface area (Å²) in [6.07, 6.45) is 3.14. The number of aryl methyl sites for hydroxylation is 1. The molecule has 2 aromatic rings. The first kappa shape index (κ1) is 21.6. The van der Waals surface area contributed by atoms with Crippen LogP contribution in [0.15, 0.2) is 42.5 Å². The van der Waals surface area contributed by atoms with Crippen molar-refractivity contribution in [1.82, 2.24) is 4.90 Å². The predicted molar refractivity (Wildman–Crippen MR) is 113 cm³/mol. The lowest BCUT2D eigenvalue weighted by Crippen LogP contribution is -2.48. The smallest absolute Gasteiger partial charge is 0.387 e. The van der Waals surface area contributed by atoms with Crippen LogP contribution in [0.3, 0.4) is 0 Å². The Kier molecular flexibility index (Phi) is 6.92. The average Bonchev–Trinajstić information content (AvgIpc) is 2.74. The van der Waals surface area contributed by atoms with Gasteiger partial charge in [0.05, 0.1) is 7.11 Å². The molecule has 0 aromatic heterocycles. The Morgan fingerprint density at radius 1 is 1.07 bits per heavy atom. The van der Waals surface area contributed by atoms with Crippen molar-refractivity contribution >= 4 is 17.7 Å². The standard InChI is InChI=1S/C23H26F2N2O3/c1-16-5-4-6-19(17(16)2)26-11-13-27(14-12-26)22(28)10-8-18-7-9-20(30-23(24)25)21(15-18)29-3/h4-10,15,23H,11-14H2,1-3H3/b10-8+. The molecule has 1 saturated heterocycles. The normalized spacial score (nSPS) is 14.5. The lowest BCUT2D eigenvalue weighted by atomic mass is 10.1. The van der Waals surface area contributed by atoms with Crippen LogP contribution in [0.25, 0.3) is 6.08 Å². The second kappa shape index (κ2) is 9.61. The number of carbonyl (C=O) groups excluding carboxylic acids is 1. The van der Waals surface area contributed by atoms with Gasteiger partial charge >= 0.3 is 6.61 Å². The monoisotopic (exact) mass is 416 g/mol. The number of alkyl halides is 2. The number of halogens is 2. The fraction of sp³-hybridized carbons (Fsp3) is 0.348. The van der Waals surface area contributed by atoms with E-state index in [-0.39, 0.29) is 17.4 Å². The van der Waals surface area contributed by atoms with Gasteiger partial charge in [0.15, 0.2) is 11.5 Å². The first-order chi connectivity index (χ1) is 14.4. The van der Waals surface area contributed by atoms with Gasteiger partial charge in [-0.15, -0.1) is 0 Å². The van der Waals surface area contributed by atoms with E-state index < -0.39 is 6.61 Å². The summed E-state index contributed by atoms with van der Waals surface area (Å²) in [5, 5.41) is 0. The quantitative estimate of drug-likeness (QED) is 0.660. The molecule has 1 aliphatic rings. The van der Waals surface area contributed by atoms with Gasteiger partial charge in [-0.05, 0) is 54.8 Å². The molecule has 0 radical (unpaired) electrons. The average molecular weight is 416 g/mol. The lowest BCUT2D eigenvalue weighted by Gasteiger charge is -2.36. The summed E-state index contributed by atoms with van der Waals surface area (Å²) in [4.78, 5) is 16.7. The molecule has 160 valence electrons. The molecular weight excluding hydrogens is 390 g/mol. The number of anilines is 1. The number of piperazine rings is 1. The van der Waals surface area contributed by atoms with Crippen molar-refractivity contribution in [1.29, 1.82) is 0 Å². The van der Waals surface area contributed by atoms with Crippen LogP contribution in [0.1, 0.15) is 16.7 Å². The van der Waals surface area contributed by atoms with Crippen LogP contribution in [0, 0.1) is 13.8 Å². The number of ether oxygens (including phenoxy) is 2. The molecule has 7 heteroatoms. The minimum absolute atomic E-state index is 0.0430. The number of rotatable bonds is 6. The van der Waals surface area contributed by atoms with Crippen LogP contribution < -0.4 is 14.4 Å². The molecule has 0 atom stereocenters. The Morgan fingerprint density at radius 2 is 1.80 bits per heavy atom. The molecule has 1 heterocycles. The van der Waals surface area contributed by atoms with Crippen molar-refractivity contribution in [3.05, 3.63) is 59.2 Å². The Labute approximate surface area is 175 Å². The molecule has 0 N–H and O–H groups in total. The molecule has 0 saturated carbocycles. The summed E-state index contributed by atoms with van der Waals surface area (Å²) >= 11 is 0. The van der Waals surface area contributed by atoms with Crippen LogP contribution >= 0.6 is 0 Å². The fourth-order valence-electron chi connectivity index (χ4n) is 3.50. The van der Waals surface area contributed by atoms with Gasteiger partial charge in [-0.2, -0.15) is 8.78 Å². The molecule has 1 aliphatic heterocycles. The second-order valence-corrected chi connectivity index (χ2v) is 7.15. The van der Waals surface area contributed by atoms with Gasteiger partial charge in [0.1, 0.15) is 0 Å².